The minimum absolute atomic E-state index is 0.0190. The molecular formula is C28H25ClN2O3. The van der Waals surface area contributed by atoms with Crippen LogP contribution in [0.15, 0.2) is 89.3 Å². The molecule has 0 aliphatic rings. The maximum Gasteiger partial charge on any atom is 0.291 e. The lowest BCUT2D eigenvalue weighted by atomic mass is 9.87. The molecule has 0 atom stereocenters. The van der Waals surface area contributed by atoms with Gasteiger partial charge in [0.15, 0.2) is 5.76 Å². The molecule has 4 aromatic rings. The first kappa shape index (κ1) is 23.3. The molecule has 34 heavy (non-hydrogen) atoms. The third kappa shape index (κ3) is 5.56. The van der Waals surface area contributed by atoms with Crippen LogP contribution >= 0.6 is 11.6 Å². The molecule has 0 aliphatic heterocycles. The number of hydrogen-bond acceptors (Lipinski definition) is 3. The molecule has 172 valence electrons. The second-order valence-electron chi connectivity index (χ2n) is 8.99. The molecule has 0 saturated carbocycles. The molecule has 1 aromatic heterocycles. The van der Waals surface area contributed by atoms with Crippen molar-refractivity contribution in [3.8, 4) is 11.3 Å². The maximum atomic E-state index is 12.7. The monoisotopic (exact) mass is 472 g/mol. The molecular weight excluding hydrogens is 448 g/mol. The van der Waals surface area contributed by atoms with E-state index in [2.05, 4.69) is 31.4 Å². The average molecular weight is 473 g/mol. The molecule has 2 amide bonds. The highest BCUT2D eigenvalue weighted by Crippen LogP contribution is 2.25. The van der Waals surface area contributed by atoms with Crippen molar-refractivity contribution in [2.24, 2.45) is 0 Å². The van der Waals surface area contributed by atoms with Crippen molar-refractivity contribution in [2.75, 3.05) is 10.6 Å². The SMILES string of the molecule is CC(C)(C)c1ccc(C(=O)Nc2cccc(NC(=O)c3ccc(-c4ccc(Cl)cc4)o3)c2)cc1. The third-order valence-corrected chi connectivity index (χ3v) is 5.60. The molecule has 4 rings (SSSR count). The predicted molar refractivity (Wildman–Crippen MR) is 137 cm³/mol. The fourth-order valence-corrected chi connectivity index (χ4v) is 3.55. The summed E-state index contributed by atoms with van der Waals surface area (Å²) in [5, 5.41) is 6.31. The Balaban J connectivity index is 1.42. The first-order chi connectivity index (χ1) is 16.2. The Labute approximate surface area is 203 Å². The number of amides is 2. The van der Waals surface area contributed by atoms with E-state index in [0.29, 0.717) is 27.7 Å². The number of anilines is 2. The molecule has 6 heteroatoms. The lowest BCUT2D eigenvalue weighted by Gasteiger charge is -2.19. The van der Waals surface area contributed by atoms with Crippen LogP contribution in [0, 0.1) is 0 Å². The van der Waals surface area contributed by atoms with Crippen molar-refractivity contribution in [3.63, 3.8) is 0 Å². The normalized spacial score (nSPS) is 11.2. The van der Waals surface area contributed by atoms with Crippen LogP contribution in [0.3, 0.4) is 0 Å². The van der Waals surface area contributed by atoms with Crippen LogP contribution in [0.2, 0.25) is 5.02 Å². The maximum absolute atomic E-state index is 12.7. The van der Waals surface area contributed by atoms with Gasteiger partial charge in [-0.15, -0.1) is 0 Å². The zero-order valence-electron chi connectivity index (χ0n) is 19.2. The Morgan fingerprint density at radius 1 is 0.765 bits per heavy atom. The highest BCUT2D eigenvalue weighted by molar-refractivity contribution is 6.30. The summed E-state index contributed by atoms with van der Waals surface area (Å²) >= 11 is 5.93. The number of rotatable bonds is 5. The van der Waals surface area contributed by atoms with E-state index in [1.165, 1.54) is 0 Å². The molecule has 0 aliphatic carbocycles. The Morgan fingerprint density at radius 2 is 1.38 bits per heavy atom. The Bertz CT molecular complexity index is 1320. The van der Waals surface area contributed by atoms with E-state index >= 15 is 0 Å². The van der Waals surface area contributed by atoms with Crippen LogP contribution in [0.4, 0.5) is 11.4 Å². The van der Waals surface area contributed by atoms with E-state index in [9.17, 15) is 9.59 Å². The van der Waals surface area contributed by atoms with E-state index in [-0.39, 0.29) is 23.0 Å². The summed E-state index contributed by atoms with van der Waals surface area (Å²) in [6.07, 6.45) is 0. The second kappa shape index (κ2) is 9.57. The topological polar surface area (TPSA) is 71.3 Å². The second-order valence-corrected chi connectivity index (χ2v) is 9.42. The van der Waals surface area contributed by atoms with Gasteiger partial charge in [-0.1, -0.05) is 50.6 Å². The molecule has 0 spiro atoms. The zero-order chi connectivity index (χ0) is 24.3. The number of nitrogens with one attached hydrogen (secondary N) is 2. The molecule has 5 nitrogen and oxygen atoms in total. The quantitative estimate of drug-likeness (QED) is 0.318. The van der Waals surface area contributed by atoms with Gasteiger partial charge in [-0.2, -0.15) is 0 Å². The number of benzene rings is 3. The van der Waals surface area contributed by atoms with E-state index in [0.717, 1.165) is 11.1 Å². The van der Waals surface area contributed by atoms with Crippen LogP contribution < -0.4 is 10.6 Å². The van der Waals surface area contributed by atoms with Gasteiger partial charge in [-0.05, 0) is 77.7 Å². The summed E-state index contributed by atoms with van der Waals surface area (Å²) < 4.78 is 5.70. The van der Waals surface area contributed by atoms with Gasteiger partial charge in [0, 0.05) is 27.5 Å². The van der Waals surface area contributed by atoms with Gasteiger partial charge in [0.05, 0.1) is 0 Å². The van der Waals surface area contributed by atoms with E-state index in [1.807, 2.05) is 36.4 Å². The first-order valence-electron chi connectivity index (χ1n) is 10.9. The summed E-state index contributed by atoms with van der Waals surface area (Å²) in [6, 6.07) is 25.1. The summed E-state index contributed by atoms with van der Waals surface area (Å²) in [4.78, 5) is 25.3. The molecule has 0 saturated heterocycles. The minimum Gasteiger partial charge on any atom is -0.451 e. The number of carbonyl (C=O) groups excluding carboxylic acids is 2. The van der Waals surface area contributed by atoms with Crippen LogP contribution in [0.5, 0.6) is 0 Å². The van der Waals surface area contributed by atoms with Crippen molar-refractivity contribution >= 4 is 34.8 Å². The van der Waals surface area contributed by atoms with E-state index < -0.39 is 0 Å². The molecule has 0 fully saturated rings. The minimum atomic E-state index is -0.388. The fraction of sp³-hybridized carbons (Fsp3) is 0.143. The number of hydrogen-bond donors (Lipinski definition) is 2. The Kier molecular flexibility index (Phi) is 6.57. The van der Waals surface area contributed by atoms with Crippen LogP contribution in [0.1, 0.15) is 47.2 Å². The van der Waals surface area contributed by atoms with Gasteiger partial charge in [-0.25, -0.2) is 0 Å². The summed E-state index contributed by atoms with van der Waals surface area (Å²) in [6.45, 7) is 6.38. The fourth-order valence-electron chi connectivity index (χ4n) is 3.42. The molecule has 2 N–H and O–H groups in total. The van der Waals surface area contributed by atoms with Crippen molar-refractivity contribution in [1.82, 2.24) is 0 Å². The van der Waals surface area contributed by atoms with E-state index in [1.54, 1.807) is 48.5 Å². The van der Waals surface area contributed by atoms with Crippen molar-refractivity contribution in [2.45, 2.75) is 26.2 Å². The number of furan rings is 1. The molecule has 3 aromatic carbocycles. The van der Waals surface area contributed by atoms with Crippen molar-refractivity contribution < 1.29 is 14.0 Å². The van der Waals surface area contributed by atoms with Gasteiger partial charge < -0.3 is 15.1 Å². The standard InChI is InChI=1S/C28H25ClN2O3/c1-28(2,3)20-11-7-19(8-12-20)26(32)30-22-5-4-6-23(17-22)31-27(33)25-16-15-24(34-25)18-9-13-21(29)14-10-18/h4-17H,1-3H3,(H,30,32)(H,31,33). The summed E-state index contributed by atoms with van der Waals surface area (Å²) in [5.74, 6) is 0.141. The smallest absolute Gasteiger partial charge is 0.291 e. The van der Waals surface area contributed by atoms with Crippen molar-refractivity contribution in [1.29, 1.82) is 0 Å². The van der Waals surface area contributed by atoms with Crippen LogP contribution in [0.25, 0.3) is 11.3 Å². The average Bonchev–Trinajstić information content (AvgIpc) is 3.30. The molecule has 0 unspecified atom stereocenters. The summed E-state index contributed by atoms with van der Waals surface area (Å²) in [7, 11) is 0. The zero-order valence-corrected chi connectivity index (χ0v) is 19.9. The van der Waals surface area contributed by atoms with Gasteiger partial charge in [0.2, 0.25) is 0 Å². The lowest BCUT2D eigenvalue weighted by Crippen LogP contribution is -2.15. The highest BCUT2D eigenvalue weighted by atomic mass is 35.5. The van der Waals surface area contributed by atoms with Gasteiger partial charge in [0.1, 0.15) is 5.76 Å². The third-order valence-electron chi connectivity index (χ3n) is 5.35. The van der Waals surface area contributed by atoms with E-state index in [4.69, 9.17) is 16.0 Å². The van der Waals surface area contributed by atoms with Gasteiger partial charge in [-0.3, -0.25) is 9.59 Å². The first-order valence-corrected chi connectivity index (χ1v) is 11.3. The number of carbonyl (C=O) groups is 2. The summed E-state index contributed by atoms with van der Waals surface area (Å²) in [5.41, 5.74) is 3.67. The Hall–Kier alpha value is -3.83. The van der Waals surface area contributed by atoms with Crippen LogP contribution in [-0.2, 0) is 5.41 Å². The molecule has 0 radical (unpaired) electrons. The number of halogens is 1. The predicted octanol–water partition coefficient (Wildman–Crippen LogP) is 7.40. The van der Waals surface area contributed by atoms with Crippen molar-refractivity contribution in [3.05, 3.63) is 107 Å². The lowest BCUT2D eigenvalue weighted by molar-refractivity contribution is 0.0995. The van der Waals surface area contributed by atoms with Crippen LogP contribution in [-0.4, -0.2) is 11.8 Å². The van der Waals surface area contributed by atoms with Gasteiger partial charge >= 0.3 is 0 Å². The van der Waals surface area contributed by atoms with Gasteiger partial charge in [0.25, 0.3) is 11.8 Å². The Morgan fingerprint density at radius 3 is 2.00 bits per heavy atom. The largest absolute Gasteiger partial charge is 0.451 e. The molecule has 1 heterocycles. The highest BCUT2D eigenvalue weighted by Gasteiger charge is 2.15. The molecule has 0 bridgehead atoms.